The molecule has 9 heteroatoms. The fourth-order valence-electron chi connectivity index (χ4n) is 3.71. The zero-order chi connectivity index (χ0) is 24.7. The Morgan fingerprint density at radius 3 is 2.94 bits per heavy atom. The standard InChI is InChI=1S/C25H27ClN6O2/c1-25(2,34)15-29-16-31-21(6-9-28-3)19-11-17-7-10-32(23(17)20(12-19)14-27)22(33)13-18-5-4-8-30-24(18)26/h4-6,8-9,11-12,29,34H,3,7,10,13,15-16H2,1-2H3/b9-6-,31-21+. The number of anilines is 1. The summed E-state index contributed by atoms with van der Waals surface area (Å²) in [6.45, 7) is 8.01. The van der Waals surface area contributed by atoms with E-state index in [4.69, 9.17) is 11.6 Å². The fourth-order valence-corrected chi connectivity index (χ4v) is 3.89. The highest BCUT2D eigenvalue weighted by Crippen LogP contribution is 2.34. The molecule has 1 amide bonds. The molecule has 1 aromatic heterocycles. The van der Waals surface area contributed by atoms with Crippen LogP contribution in [0.1, 0.15) is 36.1 Å². The lowest BCUT2D eigenvalue weighted by atomic mass is 10.00. The summed E-state index contributed by atoms with van der Waals surface area (Å²) < 4.78 is 0. The first kappa shape index (κ1) is 25.2. The molecule has 1 aliphatic heterocycles. The van der Waals surface area contributed by atoms with Gasteiger partial charge >= 0.3 is 0 Å². The molecule has 0 radical (unpaired) electrons. The zero-order valence-corrected chi connectivity index (χ0v) is 20.0. The number of aliphatic hydroxyl groups is 1. The van der Waals surface area contributed by atoms with Crippen molar-refractivity contribution in [2.24, 2.45) is 9.98 Å². The van der Waals surface area contributed by atoms with Crippen LogP contribution in [0.2, 0.25) is 5.15 Å². The van der Waals surface area contributed by atoms with Gasteiger partial charge in [0.05, 0.1) is 35.7 Å². The zero-order valence-electron chi connectivity index (χ0n) is 19.3. The fraction of sp³-hybridized carbons (Fsp3) is 0.320. The van der Waals surface area contributed by atoms with Crippen LogP contribution in [-0.2, 0) is 17.6 Å². The number of amides is 1. The summed E-state index contributed by atoms with van der Waals surface area (Å²) in [7, 11) is 0. The highest BCUT2D eigenvalue weighted by Gasteiger charge is 2.29. The minimum atomic E-state index is -0.855. The predicted molar refractivity (Wildman–Crippen MR) is 135 cm³/mol. The lowest BCUT2D eigenvalue weighted by Crippen LogP contribution is -2.34. The Labute approximate surface area is 204 Å². The highest BCUT2D eigenvalue weighted by atomic mass is 35.5. The maximum absolute atomic E-state index is 13.1. The van der Waals surface area contributed by atoms with Crippen LogP contribution in [0.15, 0.2) is 52.7 Å². The Bertz CT molecular complexity index is 1180. The van der Waals surface area contributed by atoms with Gasteiger partial charge in [-0.1, -0.05) is 17.7 Å². The van der Waals surface area contributed by atoms with Crippen molar-refractivity contribution in [3.05, 3.63) is 70.1 Å². The van der Waals surface area contributed by atoms with Crippen LogP contribution in [-0.4, -0.2) is 53.8 Å². The molecule has 0 saturated carbocycles. The van der Waals surface area contributed by atoms with Crippen molar-refractivity contribution in [3.63, 3.8) is 0 Å². The van der Waals surface area contributed by atoms with Gasteiger partial charge in [0.25, 0.3) is 0 Å². The Morgan fingerprint density at radius 2 is 2.26 bits per heavy atom. The normalized spacial score (nSPS) is 13.7. The number of fused-ring (bicyclic) bond motifs is 1. The molecule has 1 aromatic carbocycles. The van der Waals surface area contributed by atoms with E-state index in [1.807, 2.05) is 6.07 Å². The summed E-state index contributed by atoms with van der Waals surface area (Å²) in [6, 6.07) is 9.41. The van der Waals surface area contributed by atoms with Gasteiger partial charge in [-0.2, -0.15) is 5.26 Å². The van der Waals surface area contributed by atoms with E-state index < -0.39 is 5.60 Å². The van der Waals surface area contributed by atoms with Crippen molar-refractivity contribution in [3.8, 4) is 6.07 Å². The summed E-state index contributed by atoms with van der Waals surface area (Å²) in [6.07, 6.45) is 5.54. The Kier molecular flexibility index (Phi) is 8.29. The number of aliphatic imine (C=N–C) groups is 2. The number of allylic oxidation sites excluding steroid dienone is 1. The predicted octanol–water partition coefficient (Wildman–Crippen LogP) is 3.06. The number of carbonyl (C=O) groups excluding carboxylic acids is 1. The van der Waals surface area contributed by atoms with Gasteiger partial charge in [-0.15, -0.1) is 0 Å². The smallest absolute Gasteiger partial charge is 0.231 e. The highest BCUT2D eigenvalue weighted by molar-refractivity contribution is 6.30. The minimum Gasteiger partial charge on any atom is -0.389 e. The molecule has 2 heterocycles. The van der Waals surface area contributed by atoms with Crippen LogP contribution in [0.5, 0.6) is 0 Å². The number of aromatic nitrogens is 1. The number of halogens is 1. The van der Waals surface area contributed by atoms with E-state index >= 15 is 0 Å². The average Bonchev–Trinajstić information content (AvgIpc) is 3.23. The van der Waals surface area contributed by atoms with Crippen molar-refractivity contribution in [2.75, 3.05) is 24.7 Å². The molecule has 0 fully saturated rings. The lowest BCUT2D eigenvalue weighted by molar-refractivity contribution is -0.117. The van der Waals surface area contributed by atoms with E-state index in [0.29, 0.717) is 47.2 Å². The van der Waals surface area contributed by atoms with E-state index in [2.05, 4.69) is 33.1 Å². The van der Waals surface area contributed by atoms with Crippen molar-refractivity contribution in [1.29, 1.82) is 5.26 Å². The topological polar surface area (TPSA) is 114 Å². The molecular formula is C25H27ClN6O2. The second-order valence-corrected chi connectivity index (χ2v) is 8.87. The van der Waals surface area contributed by atoms with E-state index in [1.165, 1.54) is 6.20 Å². The SMILES string of the molecule is C=N/C=C\C(=N/CNCC(C)(C)O)c1cc(C#N)c2c(c1)CCN2C(=O)Cc1cccnc1Cl. The summed E-state index contributed by atoms with van der Waals surface area (Å²) in [4.78, 5) is 27.1. The summed E-state index contributed by atoms with van der Waals surface area (Å²) in [5.41, 5.74) is 3.07. The average molecular weight is 479 g/mol. The summed E-state index contributed by atoms with van der Waals surface area (Å²) in [5.74, 6) is -0.140. The largest absolute Gasteiger partial charge is 0.389 e. The minimum absolute atomic E-state index is 0.103. The first-order chi connectivity index (χ1) is 16.2. The van der Waals surface area contributed by atoms with Gasteiger partial charge in [-0.05, 0) is 62.4 Å². The van der Waals surface area contributed by atoms with E-state index in [9.17, 15) is 15.2 Å². The Morgan fingerprint density at radius 1 is 1.47 bits per heavy atom. The first-order valence-electron chi connectivity index (χ1n) is 10.8. The molecule has 2 aromatic rings. The number of rotatable bonds is 9. The molecule has 0 atom stereocenters. The number of nitrogens with zero attached hydrogens (tertiary/aromatic N) is 5. The van der Waals surface area contributed by atoms with E-state index in [1.54, 1.807) is 49.2 Å². The van der Waals surface area contributed by atoms with Crippen LogP contribution >= 0.6 is 11.6 Å². The molecule has 3 rings (SSSR count). The molecule has 0 unspecified atom stereocenters. The summed E-state index contributed by atoms with van der Waals surface area (Å²) >= 11 is 6.12. The number of benzene rings is 1. The number of pyridine rings is 1. The van der Waals surface area contributed by atoms with Gasteiger partial charge in [0.15, 0.2) is 0 Å². The van der Waals surface area contributed by atoms with Gasteiger partial charge in [0, 0.05) is 31.0 Å². The molecule has 0 saturated heterocycles. The van der Waals surface area contributed by atoms with Gasteiger partial charge in [0.1, 0.15) is 11.2 Å². The maximum Gasteiger partial charge on any atom is 0.231 e. The Hall–Kier alpha value is -3.38. The monoisotopic (exact) mass is 478 g/mol. The number of hydrogen-bond donors (Lipinski definition) is 2. The van der Waals surface area contributed by atoms with Crippen LogP contribution in [0, 0.1) is 11.3 Å². The van der Waals surface area contributed by atoms with Gasteiger partial charge in [0.2, 0.25) is 5.91 Å². The number of nitrogens with one attached hydrogen (secondary N) is 1. The molecule has 176 valence electrons. The van der Waals surface area contributed by atoms with Gasteiger partial charge in [-0.3, -0.25) is 20.1 Å². The van der Waals surface area contributed by atoms with Gasteiger partial charge < -0.3 is 10.0 Å². The van der Waals surface area contributed by atoms with Crippen LogP contribution in [0.4, 0.5) is 5.69 Å². The molecule has 0 bridgehead atoms. The number of hydrogen-bond acceptors (Lipinski definition) is 7. The van der Waals surface area contributed by atoms with Crippen LogP contribution < -0.4 is 10.2 Å². The molecular weight excluding hydrogens is 452 g/mol. The van der Waals surface area contributed by atoms with Crippen molar-refractivity contribution < 1.29 is 9.90 Å². The lowest BCUT2D eigenvalue weighted by Gasteiger charge is -2.19. The molecule has 0 spiro atoms. The Balaban J connectivity index is 1.89. The quantitative estimate of drug-likeness (QED) is 0.326. The van der Waals surface area contributed by atoms with Crippen molar-refractivity contribution >= 4 is 35.6 Å². The van der Waals surface area contributed by atoms with Crippen molar-refractivity contribution in [1.82, 2.24) is 10.3 Å². The van der Waals surface area contributed by atoms with E-state index in [-0.39, 0.29) is 19.0 Å². The summed E-state index contributed by atoms with van der Waals surface area (Å²) in [5, 5.41) is 23.1. The first-order valence-corrected chi connectivity index (χ1v) is 11.2. The third-order valence-electron chi connectivity index (χ3n) is 5.22. The van der Waals surface area contributed by atoms with E-state index in [0.717, 1.165) is 11.1 Å². The number of carbonyl (C=O) groups is 1. The second-order valence-electron chi connectivity index (χ2n) is 8.51. The van der Waals surface area contributed by atoms with Crippen LogP contribution in [0.3, 0.4) is 0 Å². The molecule has 0 aliphatic carbocycles. The molecule has 8 nitrogen and oxygen atoms in total. The third-order valence-corrected chi connectivity index (χ3v) is 5.56. The second kappa shape index (κ2) is 11.2. The molecule has 34 heavy (non-hydrogen) atoms. The van der Waals surface area contributed by atoms with Crippen molar-refractivity contribution in [2.45, 2.75) is 32.3 Å². The van der Waals surface area contributed by atoms with Crippen LogP contribution in [0.25, 0.3) is 0 Å². The number of nitriles is 1. The molecule has 2 N–H and O–H groups in total. The maximum atomic E-state index is 13.1. The third kappa shape index (κ3) is 6.35. The molecule has 1 aliphatic rings. The van der Waals surface area contributed by atoms with Gasteiger partial charge in [-0.25, -0.2) is 4.98 Å².